The number of aromatic nitrogens is 2. The molecule has 0 spiro atoms. The first-order valence-corrected chi connectivity index (χ1v) is 9.48. The molecule has 3 aromatic rings. The molecule has 1 heterocycles. The molecule has 0 aliphatic heterocycles. The minimum absolute atomic E-state index is 0.155. The Balaban J connectivity index is 1.79. The van der Waals surface area contributed by atoms with Gasteiger partial charge in [0.25, 0.3) is 0 Å². The first kappa shape index (κ1) is 21.4. The summed E-state index contributed by atoms with van der Waals surface area (Å²) in [5.74, 6) is 3.30. The molecule has 8 nitrogen and oxygen atoms in total. The van der Waals surface area contributed by atoms with Gasteiger partial charge in [0.15, 0.2) is 11.5 Å². The summed E-state index contributed by atoms with van der Waals surface area (Å²) in [5, 5.41) is 4.13. The Hall–Kier alpha value is -3.26. The van der Waals surface area contributed by atoms with Crippen LogP contribution in [0.3, 0.4) is 0 Å². The van der Waals surface area contributed by atoms with Gasteiger partial charge in [-0.1, -0.05) is 17.3 Å². The summed E-state index contributed by atoms with van der Waals surface area (Å²) < 4.78 is 27.0. The SMILES string of the molecule is COc1ccc([C@H](C)N(C)Cc2nc(-c3ccc(OC)c(OC)c3OC)no2)cc1. The van der Waals surface area contributed by atoms with E-state index < -0.39 is 0 Å². The summed E-state index contributed by atoms with van der Waals surface area (Å²) in [6.45, 7) is 2.62. The van der Waals surface area contributed by atoms with Gasteiger partial charge in [-0.15, -0.1) is 0 Å². The lowest BCUT2D eigenvalue weighted by Gasteiger charge is -2.23. The average molecular weight is 413 g/mol. The molecule has 0 fully saturated rings. The van der Waals surface area contributed by atoms with Crippen molar-refractivity contribution in [2.45, 2.75) is 19.5 Å². The van der Waals surface area contributed by atoms with Gasteiger partial charge in [0.2, 0.25) is 17.5 Å². The summed E-state index contributed by atoms with van der Waals surface area (Å²) >= 11 is 0. The van der Waals surface area contributed by atoms with Gasteiger partial charge >= 0.3 is 0 Å². The van der Waals surface area contributed by atoms with Gasteiger partial charge in [-0.05, 0) is 43.8 Å². The van der Waals surface area contributed by atoms with Crippen molar-refractivity contribution < 1.29 is 23.5 Å². The minimum atomic E-state index is 0.155. The van der Waals surface area contributed by atoms with E-state index in [-0.39, 0.29) is 6.04 Å². The van der Waals surface area contributed by atoms with Crippen LogP contribution in [-0.4, -0.2) is 50.5 Å². The number of nitrogens with zero attached hydrogens (tertiary/aromatic N) is 3. The Morgan fingerprint density at radius 1 is 0.900 bits per heavy atom. The molecule has 160 valence electrons. The molecule has 2 aromatic carbocycles. The third kappa shape index (κ3) is 4.33. The standard InChI is InChI=1S/C22H27N3O5/c1-14(15-7-9-16(26-3)10-8-15)25(2)13-19-23-22(24-30-19)17-11-12-18(27-4)21(29-6)20(17)28-5/h7-12,14H,13H2,1-6H3/t14-/m0/s1. The molecule has 8 heteroatoms. The number of methoxy groups -OCH3 is 4. The molecule has 1 atom stereocenters. The third-order valence-electron chi connectivity index (χ3n) is 5.06. The van der Waals surface area contributed by atoms with E-state index in [0.717, 1.165) is 5.75 Å². The fourth-order valence-electron chi connectivity index (χ4n) is 3.19. The van der Waals surface area contributed by atoms with Crippen molar-refractivity contribution in [2.24, 2.45) is 0 Å². The maximum absolute atomic E-state index is 5.52. The third-order valence-corrected chi connectivity index (χ3v) is 5.06. The fourth-order valence-corrected chi connectivity index (χ4v) is 3.19. The number of hydrogen-bond acceptors (Lipinski definition) is 8. The molecule has 0 amide bonds. The molecule has 0 unspecified atom stereocenters. The lowest BCUT2D eigenvalue weighted by atomic mass is 10.1. The highest BCUT2D eigenvalue weighted by Gasteiger charge is 2.22. The number of benzene rings is 2. The van der Waals surface area contributed by atoms with Gasteiger partial charge in [0.1, 0.15) is 5.75 Å². The zero-order chi connectivity index (χ0) is 21.7. The van der Waals surface area contributed by atoms with Crippen LogP contribution < -0.4 is 18.9 Å². The molecule has 0 aliphatic rings. The van der Waals surface area contributed by atoms with E-state index in [1.54, 1.807) is 34.5 Å². The molecular weight excluding hydrogens is 386 g/mol. The van der Waals surface area contributed by atoms with Crippen molar-refractivity contribution in [3.8, 4) is 34.4 Å². The summed E-state index contributed by atoms with van der Waals surface area (Å²) in [5.41, 5.74) is 1.83. The monoisotopic (exact) mass is 413 g/mol. The zero-order valence-electron chi connectivity index (χ0n) is 18.1. The van der Waals surface area contributed by atoms with Gasteiger partial charge < -0.3 is 23.5 Å². The van der Waals surface area contributed by atoms with Crippen molar-refractivity contribution in [3.63, 3.8) is 0 Å². The number of ether oxygens (including phenoxy) is 4. The van der Waals surface area contributed by atoms with Crippen LogP contribution in [0.5, 0.6) is 23.0 Å². The summed E-state index contributed by atoms with van der Waals surface area (Å²) in [4.78, 5) is 6.68. The average Bonchev–Trinajstić information content (AvgIpc) is 3.25. The van der Waals surface area contributed by atoms with Crippen LogP contribution in [-0.2, 0) is 6.54 Å². The van der Waals surface area contributed by atoms with Crippen molar-refractivity contribution in [2.75, 3.05) is 35.5 Å². The minimum Gasteiger partial charge on any atom is -0.497 e. The van der Waals surface area contributed by atoms with E-state index in [2.05, 4.69) is 22.0 Å². The van der Waals surface area contributed by atoms with Crippen LogP contribution in [0.1, 0.15) is 24.4 Å². The molecule has 0 radical (unpaired) electrons. The van der Waals surface area contributed by atoms with Crippen molar-refractivity contribution in [1.29, 1.82) is 0 Å². The topological polar surface area (TPSA) is 79.1 Å². The van der Waals surface area contributed by atoms with Gasteiger partial charge in [-0.25, -0.2) is 0 Å². The van der Waals surface area contributed by atoms with E-state index in [4.69, 9.17) is 23.5 Å². The molecule has 0 bridgehead atoms. The Morgan fingerprint density at radius 2 is 1.60 bits per heavy atom. The van der Waals surface area contributed by atoms with E-state index >= 15 is 0 Å². The van der Waals surface area contributed by atoms with Gasteiger partial charge in [0, 0.05) is 6.04 Å². The van der Waals surface area contributed by atoms with E-state index in [1.165, 1.54) is 5.56 Å². The second-order valence-electron chi connectivity index (χ2n) is 6.76. The van der Waals surface area contributed by atoms with E-state index in [0.29, 0.717) is 41.1 Å². The second kappa shape index (κ2) is 9.49. The summed E-state index contributed by atoms with van der Waals surface area (Å²) in [6.07, 6.45) is 0. The molecule has 1 aromatic heterocycles. The molecule has 30 heavy (non-hydrogen) atoms. The highest BCUT2D eigenvalue weighted by atomic mass is 16.5. The predicted molar refractivity (Wildman–Crippen MR) is 112 cm³/mol. The summed E-state index contributed by atoms with van der Waals surface area (Å²) in [7, 11) is 8.36. The lowest BCUT2D eigenvalue weighted by molar-refractivity contribution is 0.216. The molecule has 0 saturated carbocycles. The highest BCUT2D eigenvalue weighted by Crippen LogP contribution is 2.43. The van der Waals surface area contributed by atoms with Crippen molar-refractivity contribution in [1.82, 2.24) is 15.0 Å². The number of hydrogen-bond donors (Lipinski definition) is 0. The van der Waals surface area contributed by atoms with Crippen LogP contribution in [0.4, 0.5) is 0 Å². The Morgan fingerprint density at radius 3 is 2.20 bits per heavy atom. The summed E-state index contributed by atoms with van der Waals surface area (Å²) in [6, 6.07) is 11.8. The molecular formula is C22H27N3O5. The maximum atomic E-state index is 5.52. The molecule has 3 rings (SSSR count). The van der Waals surface area contributed by atoms with Crippen LogP contribution in [0.15, 0.2) is 40.9 Å². The Kier molecular flexibility index (Phi) is 6.79. The van der Waals surface area contributed by atoms with Crippen molar-refractivity contribution >= 4 is 0 Å². The van der Waals surface area contributed by atoms with Gasteiger partial charge in [-0.3, -0.25) is 4.90 Å². The molecule has 0 aliphatic carbocycles. The highest BCUT2D eigenvalue weighted by molar-refractivity contribution is 5.72. The molecule has 0 N–H and O–H groups in total. The first-order valence-electron chi connectivity index (χ1n) is 9.48. The zero-order valence-corrected chi connectivity index (χ0v) is 18.1. The van der Waals surface area contributed by atoms with Crippen molar-refractivity contribution in [3.05, 3.63) is 47.9 Å². The quantitative estimate of drug-likeness (QED) is 0.522. The van der Waals surface area contributed by atoms with Crippen LogP contribution in [0.2, 0.25) is 0 Å². The normalized spacial score (nSPS) is 12.0. The Labute approximate surface area is 176 Å². The van der Waals surface area contributed by atoms with Gasteiger partial charge in [-0.2, -0.15) is 4.98 Å². The fraction of sp³-hybridized carbons (Fsp3) is 0.364. The van der Waals surface area contributed by atoms with E-state index in [9.17, 15) is 0 Å². The predicted octanol–water partition coefficient (Wildman–Crippen LogP) is 3.96. The smallest absolute Gasteiger partial charge is 0.241 e. The second-order valence-corrected chi connectivity index (χ2v) is 6.76. The first-order chi connectivity index (χ1) is 14.5. The molecule has 0 saturated heterocycles. The maximum Gasteiger partial charge on any atom is 0.241 e. The Bertz CT molecular complexity index is 971. The lowest BCUT2D eigenvalue weighted by Crippen LogP contribution is -2.22. The largest absolute Gasteiger partial charge is 0.497 e. The van der Waals surface area contributed by atoms with E-state index in [1.807, 2.05) is 37.4 Å². The van der Waals surface area contributed by atoms with Crippen LogP contribution in [0, 0.1) is 0 Å². The van der Waals surface area contributed by atoms with Crippen LogP contribution >= 0.6 is 0 Å². The van der Waals surface area contributed by atoms with Gasteiger partial charge in [0.05, 0.1) is 40.5 Å². The number of rotatable bonds is 9. The van der Waals surface area contributed by atoms with Crippen LogP contribution in [0.25, 0.3) is 11.4 Å².